The largest absolute Gasteiger partial charge is 0.508 e. The number of likely N-dealkylation sites (tertiary alicyclic amines) is 1. The normalized spacial score (nSPS) is 22.9. The van der Waals surface area contributed by atoms with E-state index in [4.69, 9.17) is 39.5 Å². The number of fused-ring (bicyclic) bond motifs is 1. The van der Waals surface area contributed by atoms with Crippen LogP contribution in [0.2, 0.25) is 0 Å². The third-order valence-electron chi connectivity index (χ3n) is 22.8. The first-order valence-electron chi connectivity index (χ1n) is 46.7. The van der Waals surface area contributed by atoms with Gasteiger partial charge < -0.3 is 165 Å². The molecule has 146 heavy (non-hydrogen) atoms. The van der Waals surface area contributed by atoms with Gasteiger partial charge in [-0.15, -0.1) is 0 Å². The van der Waals surface area contributed by atoms with E-state index in [1.54, 1.807) is 20.1 Å². The number of phenols is 1. The van der Waals surface area contributed by atoms with Gasteiger partial charge in [-0.3, -0.25) is 112 Å². The first kappa shape index (κ1) is 124. The van der Waals surface area contributed by atoms with Crippen molar-refractivity contribution in [1.82, 2.24) is 100 Å². The van der Waals surface area contributed by atoms with Crippen molar-refractivity contribution in [2.75, 3.05) is 111 Å². The van der Waals surface area contributed by atoms with Gasteiger partial charge in [0.15, 0.2) is 23.5 Å². The molecule has 4 aliphatic rings. The number of carboxylic acids is 1. The minimum atomic E-state index is -2.14. The Balaban J connectivity index is 1.43. The first-order chi connectivity index (χ1) is 69.1. The minimum Gasteiger partial charge on any atom is -0.508 e. The second kappa shape index (κ2) is 64.0. The smallest absolute Gasteiger partial charge is 0.326 e. The van der Waals surface area contributed by atoms with E-state index >= 15 is 0 Å². The molecule has 1 aromatic rings. The number of rotatable bonds is 44. The maximum absolute atomic E-state index is 14.9. The summed E-state index contributed by atoms with van der Waals surface area (Å²) in [4.78, 5) is 311. The SMILES string of the molecule is CSCC[C@H](NC(=O)[C@H](CO)NC(=O)[C@@H](NC(=O)[C@H](CCCNC(=N)N)NC(=O)[C@H](CCC(N)=O)NC(=O)[C@H](CCC(N)=O)NC(=O)[C@@H]1CSCC(=O)CSC[C@H](NC(=O)[C@@H](N)CC(C)C)C(=O)N[C@@H](CO)C(=O)N[C@@H](CO)C(=O)N2CCC[C@H]2C(=O)N[C@@H](CO)C(=O)N1)[C@@H](C)O)C(=O)N[C@H]1CSCC(=O)CSC[C@H](C(=O)N2CCC[C@H]2C(=O)O)NC(=O)[C@H](CCCNC(=N)N)NC(=O)[C@H](Cc2ccc(O)cc2)NC1=O. The fourth-order valence-electron chi connectivity index (χ4n) is 15.1. The molecule has 4 heterocycles. The third-order valence-corrected chi connectivity index (χ3v) is 27.9. The molecule has 0 radical (unpaired) electrons. The maximum atomic E-state index is 14.9. The maximum Gasteiger partial charge on any atom is 0.326 e. The number of ketones is 2. The van der Waals surface area contributed by atoms with Gasteiger partial charge in [-0.2, -0.15) is 58.8 Å². The zero-order valence-electron chi connectivity index (χ0n) is 80.9. The molecule has 4 aliphatic heterocycles. The molecule has 814 valence electrons. The summed E-state index contributed by atoms with van der Waals surface area (Å²) in [6.45, 7) is -0.465. The van der Waals surface area contributed by atoms with Crippen LogP contribution in [0.15, 0.2) is 24.3 Å². The standard InChI is InChI=1S/C86H136N26O29S5/c1-41(2)27-47(87)67(123)106-58-37-143-33-45(119)34-144-38-59(108-76(132)55(30-114)103-80(136)62-11-7-24-111(62)82(138)57(32-116)105-75(131)54(29-113)102-79(58)135)77(133)99-51(18-20-65(89)122)70(126)98-50(17-19-64(88)121)69(125)96-49(10-6-23-95-86(92)93)72(128)110-66(42(3)117)81(137)104-56(31-115)74(130)100-52(21-26-142-4)71(127)107-60-39-145-35-46(120)36-146-40-61(83(139)112-25-8-12-63(112)84(140)141)109-68(124)48(9-5-22-94-85(90)91)97-73(129)53(101-78(60)134)28-43-13-15-44(118)16-14-43/h13-16,41-42,47-63,66,113-118H,5-12,17-40,87H2,1-4H3,(H2,88,121)(H2,89,122)(H,96,125)(H,97,129)(H,98,126)(H,99,133)(H,100,130)(H,101,134)(H,102,135)(H,103,136)(H,104,137)(H,105,131)(H,106,123)(H,107,127)(H,108,132)(H,109,124)(H,110,128)(H,140,141)(H4,90,91,94)(H4,92,93,95)/t42-,47+,48+,49+,50+,51+,52+,53+,54+,55+,56+,57+,58+,59+,60+,61-,62+,63+,66+/m1/s1. The van der Waals surface area contributed by atoms with Crippen LogP contribution in [0.25, 0.3) is 0 Å². The lowest BCUT2D eigenvalue weighted by Gasteiger charge is -2.30. The summed E-state index contributed by atoms with van der Waals surface area (Å²) in [5, 5.41) is 130. The number of thioether (sulfide) groups is 5. The molecule has 5 rings (SSSR count). The molecular weight excluding hydrogens is 2020 g/mol. The Morgan fingerprint density at radius 3 is 1.47 bits per heavy atom. The van der Waals surface area contributed by atoms with Crippen molar-refractivity contribution in [2.24, 2.45) is 34.6 Å². The van der Waals surface area contributed by atoms with Crippen molar-refractivity contribution in [3.63, 3.8) is 0 Å². The Bertz CT molecular complexity index is 4750. The number of aliphatic carboxylic acids is 1. The number of carbonyl (C=O) groups is 22. The summed E-state index contributed by atoms with van der Waals surface area (Å²) in [5.74, 6) is -28.4. The molecule has 0 unspecified atom stereocenters. The van der Waals surface area contributed by atoms with E-state index in [1.165, 1.54) is 36.0 Å². The summed E-state index contributed by atoms with van der Waals surface area (Å²) in [7, 11) is 0. The Labute approximate surface area is 860 Å². The van der Waals surface area contributed by atoms with E-state index in [2.05, 4.69) is 90.4 Å². The third kappa shape index (κ3) is 42.7. The number of guanidine groups is 2. The molecule has 55 nitrogen and oxygen atoms in total. The van der Waals surface area contributed by atoms with E-state index in [-0.39, 0.29) is 124 Å². The van der Waals surface area contributed by atoms with Gasteiger partial charge in [0, 0.05) is 68.5 Å². The van der Waals surface area contributed by atoms with Gasteiger partial charge in [-0.25, -0.2) is 4.79 Å². The molecule has 0 aliphatic carbocycles. The zero-order chi connectivity index (χ0) is 109. The van der Waals surface area contributed by atoms with Crippen molar-refractivity contribution >= 4 is 201 Å². The number of hydrogen-bond acceptors (Lipinski definition) is 36. The average molecular weight is 2160 g/mol. The average Bonchev–Trinajstić information content (AvgIpc) is 1.69. The van der Waals surface area contributed by atoms with E-state index in [9.17, 15) is 141 Å². The monoisotopic (exact) mass is 2160 g/mol. The predicted molar refractivity (Wildman–Crippen MR) is 533 cm³/mol. The molecular formula is C86H136N26O29S5. The highest BCUT2D eigenvalue weighted by Crippen LogP contribution is 2.24. The zero-order valence-corrected chi connectivity index (χ0v) is 85.0. The van der Waals surface area contributed by atoms with E-state index < -0.39 is 338 Å². The Hall–Kier alpha value is -12.2. The Morgan fingerprint density at radius 1 is 0.500 bits per heavy atom. The van der Waals surface area contributed by atoms with Crippen molar-refractivity contribution < 1.29 is 141 Å². The highest BCUT2D eigenvalue weighted by atomic mass is 32.2. The van der Waals surface area contributed by atoms with Gasteiger partial charge in [0.2, 0.25) is 112 Å². The molecule has 19 atom stereocenters. The number of nitrogens with zero attached hydrogens (tertiary/aromatic N) is 2. The van der Waals surface area contributed by atoms with Crippen LogP contribution in [0.3, 0.4) is 0 Å². The molecule has 0 bridgehead atoms. The van der Waals surface area contributed by atoms with Crippen LogP contribution in [0.1, 0.15) is 116 Å². The minimum absolute atomic E-state index is 0.00331. The van der Waals surface area contributed by atoms with Gasteiger partial charge in [0.05, 0.1) is 61.6 Å². The quantitative estimate of drug-likeness (QED) is 0.0164. The number of nitrogens with one attached hydrogen (secondary N) is 19. The molecule has 4 fully saturated rings. The van der Waals surface area contributed by atoms with Crippen LogP contribution in [0, 0.1) is 16.7 Å². The predicted octanol–water partition coefficient (Wildman–Crippen LogP) is -13.1. The number of hydrogen-bond donors (Lipinski definition) is 31. The van der Waals surface area contributed by atoms with Gasteiger partial charge in [-0.1, -0.05) is 26.0 Å². The number of amides is 19. The Morgan fingerprint density at radius 2 is 0.945 bits per heavy atom. The molecule has 0 aromatic heterocycles. The van der Waals surface area contributed by atoms with E-state index in [0.717, 1.165) is 52.0 Å². The summed E-state index contributed by atoms with van der Waals surface area (Å²) in [5.41, 5.74) is 28.6. The number of primary amides is 2. The lowest BCUT2D eigenvalue weighted by atomic mass is 10.0. The van der Waals surface area contributed by atoms with Gasteiger partial charge in [0.1, 0.15) is 108 Å². The summed E-state index contributed by atoms with van der Waals surface area (Å²) in [6, 6.07) is -25.6. The van der Waals surface area contributed by atoms with Crippen LogP contribution in [0.4, 0.5) is 0 Å². The number of carbonyl (C=O) groups excluding carboxylic acids is 21. The number of benzene rings is 1. The number of Topliss-reactive ketones (excluding diaryl/α,β-unsaturated/α-hetero) is 2. The van der Waals surface area contributed by atoms with Crippen molar-refractivity contribution in [2.45, 2.75) is 232 Å². The number of phenolic OH excluding ortho intramolecular Hbond substituents is 1. The van der Waals surface area contributed by atoms with Gasteiger partial charge in [-0.05, 0) is 120 Å². The Kier molecular flexibility index (Phi) is 54.5. The number of aromatic hydroxyl groups is 1. The summed E-state index contributed by atoms with van der Waals surface area (Å²) >= 11 is 4.39. The summed E-state index contributed by atoms with van der Waals surface area (Å²) < 4.78 is 0. The number of aliphatic hydroxyl groups is 5. The molecule has 4 saturated heterocycles. The van der Waals surface area contributed by atoms with Crippen LogP contribution in [0.5, 0.6) is 5.75 Å². The van der Waals surface area contributed by atoms with Crippen LogP contribution in [-0.2, 0) is 112 Å². The highest BCUT2D eigenvalue weighted by molar-refractivity contribution is 8.02. The highest BCUT2D eigenvalue weighted by Gasteiger charge is 2.45. The fraction of sp³-hybridized carbons (Fsp3) is 0.651. The molecule has 36 N–H and O–H groups in total. The molecule has 60 heteroatoms. The van der Waals surface area contributed by atoms with Crippen LogP contribution in [-0.4, -0.2) is 413 Å². The topological polar surface area (TPSA) is 906 Å². The lowest BCUT2D eigenvalue weighted by molar-refractivity contribution is -0.149. The molecule has 0 saturated carbocycles. The van der Waals surface area contributed by atoms with Crippen molar-refractivity contribution in [1.29, 1.82) is 10.8 Å². The molecule has 0 spiro atoms. The van der Waals surface area contributed by atoms with Crippen LogP contribution >= 0.6 is 58.8 Å². The number of nitrogens with two attached hydrogens (primary N) is 5. The second-order valence-corrected chi connectivity index (χ2v) is 40.1. The molecule has 1 aromatic carbocycles. The van der Waals surface area contributed by atoms with Gasteiger partial charge in [0.25, 0.3) is 0 Å². The lowest BCUT2D eigenvalue weighted by Crippen LogP contribution is -2.63. The number of carboxylic acid groups (broad SMARTS) is 1. The van der Waals surface area contributed by atoms with Gasteiger partial charge >= 0.3 is 5.97 Å². The molecule has 19 amide bonds. The van der Waals surface area contributed by atoms with E-state index in [0.29, 0.717) is 23.7 Å². The summed E-state index contributed by atoms with van der Waals surface area (Å²) in [6.07, 6.45) is -3.96. The first-order valence-corrected chi connectivity index (χ1v) is 52.8. The van der Waals surface area contributed by atoms with E-state index in [1.807, 2.05) is 0 Å². The van der Waals surface area contributed by atoms with Crippen LogP contribution < -0.4 is 119 Å². The fourth-order valence-corrected chi connectivity index (χ4v) is 19.5. The van der Waals surface area contributed by atoms with Crippen molar-refractivity contribution in [3.05, 3.63) is 29.8 Å². The second-order valence-electron chi connectivity index (χ2n) is 35.0. The number of aliphatic hydroxyl groups excluding tert-OH is 5. The van der Waals surface area contributed by atoms with Crippen molar-refractivity contribution in [3.8, 4) is 5.75 Å².